The molecule has 3 rings (SSSR count). The Hall–Kier alpha value is -0.940. The minimum Gasteiger partial charge on any atom is -0.348 e. The van der Waals surface area contributed by atoms with Gasteiger partial charge in [0.25, 0.3) is 5.91 Å². The van der Waals surface area contributed by atoms with Crippen LogP contribution in [0.25, 0.3) is 0 Å². The van der Waals surface area contributed by atoms with E-state index in [0.29, 0.717) is 10.0 Å². The van der Waals surface area contributed by atoms with Gasteiger partial charge in [-0.3, -0.25) is 9.69 Å². The number of carbonyl (C=O) groups is 1. The number of hydrogen-bond donors (Lipinski definition) is 1. The van der Waals surface area contributed by atoms with Crippen molar-refractivity contribution in [3.05, 3.63) is 34.1 Å². The summed E-state index contributed by atoms with van der Waals surface area (Å²) in [4.78, 5) is 14.5. The molecule has 2 fully saturated rings. The highest BCUT2D eigenvalue weighted by atomic mass is 79.9. The van der Waals surface area contributed by atoms with E-state index in [4.69, 9.17) is 0 Å². The molecule has 3 nitrogen and oxygen atoms in total. The number of likely N-dealkylation sites (tertiary alicyclic amines) is 1. The molecule has 102 valence electrons. The molecule has 0 spiro atoms. The van der Waals surface area contributed by atoms with Gasteiger partial charge in [0.05, 0.1) is 0 Å². The van der Waals surface area contributed by atoms with Crippen LogP contribution in [-0.2, 0) is 0 Å². The van der Waals surface area contributed by atoms with Crippen LogP contribution >= 0.6 is 15.9 Å². The van der Waals surface area contributed by atoms with Gasteiger partial charge in [-0.2, -0.15) is 0 Å². The first-order valence-corrected chi connectivity index (χ1v) is 7.42. The third-order valence-corrected chi connectivity index (χ3v) is 4.20. The first-order valence-electron chi connectivity index (χ1n) is 6.63. The molecular weight excluding hydrogens is 311 g/mol. The lowest BCUT2D eigenvalue weighted by Crippen LogP contribution is -2.37. The Labute approximate surface area is 120 Å². The number of benzene rings is 1. The molecule has 0 aromatic heterocycles. The molecule has 1 atom stereocenters. The lowest BCUT2D eigenvalue weighted by atomic mass is 10.2. The van der Waals surface area contributed by atoms with Gasteiger partial charge in [0.1, 0.15) is 5.82 Å². The first-order chi connectivity index (χ1) is 9.11. The number of amides is 1. The monoisotopic (exact) mass is 326 g/mol. The fraction of sp³-hybridized carbons (Fsp3) is 0.500. The Morgan fingerprint density at radius 2 is 2.11 bits per heavy atom. The second kappa shape index (κ2) is 5.21. The Morgan fingerprint density at radius 3 is 2.79 bits per heavy atom. The Balaban J connectivity index is 1.61. The van der Waals surface area contributed by atoms with Crippen molar-refractivity contribution in [2.45, 2.75) is 31.3 Å². The summed E-state index contributed by atoms with van der Waals surface area (Å²) in [7, 11) is 0. The van der Waals surface area contributed by atoms with E-state index in [9.17, 15) is 9.18 Å². The molecule has 1 saturated carbocycles. The summed E-state index contributed by atoms with van der Waals surface area (Å²) < 4.78 is 13.8. The van der Waals surface area contributed by atoms with Crippen LogP contribution in [0.1, 0.15) is 29.6 Å². The molecule has 0 unspecified atom stereocenters. The zero-order valence-corrected chi connectivity index (χ0v) is 12.1. The van der Waals surface area contributed by atoms with E-state index in [1.54, 1.807) is 6.07 Å². The quantitative estimate of drug-likeness (QED) is 0.925. The summed E-state index contributed by atoms with van der Waals surface area (Å²) in [6, 6.07) is 5.20. The summed E-state index contributed by atoms with van der Waals surface area (Å²) in [5.74, 6) is -0.589. The fourth-order valence-corrected chi connectivity index (χ4v) is 3.10. The van der Waals surface area contributed by atoms with Crippen LogP contribution in [0.15, 0.2) is 22.7 Å². The molecular formula is C14H16BrFN2O. The van der Waals surface area contributed by atoms with Crippen LogP contribution in [0.4, 0.5) is 4.39 Å². The molecule has 0 radical (unpaired) electrons. The van der Waals surface area contributed by atoms with E-state index in [-0.39, 0.29) is 11.9 Å². The molecule has 1 saturated heterocycles. The van der Waals surface area contributed by atoms with Gasteiger partial charge < -0.3 is 5.32 Å². The summed E-state index contributed by atoms with van der Waals surface area (Å²) in [5.41, 5.74) is 0.372. The Kier molecular flexibility index (Phi) is 3.58. The minimum absolute atomic E-state index is 0.190. The maximum atomic E-state index is 13.3. The molecule has 1 aliphatic heterocycles. The van der Waals surface area contributed by atoms with E-state index in [2.05, 4.69) is 26.1 Å². The standard InChI is InChI=1S/C14H16BrFN2O/c15-10-5-9(6-11(16)7-10)14(19)17-12-3-4-18(8-12)13-1-2-13/h5-7,12-13H,1-4,8H2,(H,17,19)/t12-/m1/s1. The van der Waals surface area contributed by atoms with Gasteiger partial charge in [-0.15, -0.1) is 0 Å². The molecule has 2 aliphatic rings. The summed E-state index contributed by atoms with van der Waals surface area (Å²) >= 11 is 3.20. The van der Waals surface area contributed by atoms with Crippen LogP contribution in [-0.4, -0.2) is 36.0 Å². The molecule has 1 amide bonds. The molecule has 0 bridgehead atoms. The highest BCUT2D eigenvalue weighted by Gasteiger charge is 2.34. The maximum absolute atomic E-state index is 13.3. The van der Waals surface area contributed by atoms with Gasteiger partial charge in [-0.1, -0.05) is 15.9 Å². The molecule has 1 N–H and O–H groups in total. The highest BCUT2D eigenvalue weighted by Crippen LogP contribution is 2.29. The van der Waals surface area contributed by atoms with Crippen molar-refractivity contribution < 1.29 is 9.18 Å². The lowest BCUT2D eigenvalue weighted by molar-refractivity contribution is 0.0937. The van der Waals surface area contributed by atoms with Crippen molar-refractivity contribution in [1.29, 1.82) is 0 Å². The smallest absolute Gasteiger partial charge is 0.251 e. The number of nitrogens with one attached hydrogen (secondary N) is 1. The third kappa shape index (κ3) is 3.15. The van der Waals surface area contributed by atoms with E-state index in [1.807, 2.05) is 0 Å². The van der Waals surface area contributed by atoms with E-state index in [0.717, 1.165) is 25.6 Å². The second-order valence-electron chi connectivity index (χ2n) is 5.34. The van der Waals surface area contributed by atoms with Gasteiger partial charge in [0, 0.05) is 35.2 Å². The van der Waals surface area contributed by atoms with Crippen molar-refractivity contribution in [2.24, 2.45) is 0 Å². The maximum Gasteiger partial charge on any atom is 0.251 e. The van der Waals surface area contributed by atoms with Gasteiger partial charge in [-0.25, -0.2) is 4.39 Å². The van der Waals surface area contributed by atoms with Gasteiger partial charge in [0.2, 0.25) is 0 Å². The average Bonchev–Trinajstić information content (AvgIpc) is 3.09. The normalized spacial score (nSPS) is 23.6. The van der Waals surface area contributed by atoms with Crippen LogP contribution in [0.3, 0.4) is 0 Å². The molecule has 1 aromatic carbocycles. The largest absolute Gasteiger partial charge is 0.348 e. The van der Waals surface area contributed by atoms with Crippen LogP contribution in [0.5, 0.6) is 0 Å². The third-order valence-electron chi connectivity index (χ3n) is 3.74. The first kappa shape index (κ1) is 13.1. The number of rotatable bonds is 3. The van der Waals surface area contributed by atoms with Crippen LogP contribution < -0.4 is 5.32 Å². The second-order valence-corrected chi connectivity index (χ2v) is 6.26. The van der Waals surface area contributed by atoms with Gasteiger partial charge >= 0.3 is 0 Å². The summed E-state index contributed by atoms with van der Waals surface area (Å²) in [5, 5.41) is 2.99. The Bertz CT molecular complexity index is 484. The SMILES string of the molecule is O=C(N[C@@H]1CCN(C2CC2)C1)c1cc(F)cc(Br)c1. The van der Waals surface area contributed by atoms with Crippen LogP contribution in [0.2, 0.25) is 0 Å². The zero-order chi connectivity index (χ0) is 13.4. The average molecular weight is 327 g/mol. The topological polar surface area (TPSA) is 32.3 Å². The Morgan fingerprint density at radius 1 is 1.32 bits per heavy atom. The number of nitrogens with zero attached hydrogens (tertiary/aromatic N) is 1. The van der Waals surface area contributed by atoms with Crippen molar-refractivity contribution in [3.8, 4) is 0 Å². The molecule has 19 heavy (non-hydrogen) atoms. The van der Waals surface area contributed by atoms with Crippen molar-refractivity contribution in [2.75, 3.05) is 13.1 Å². The van der Waals surface area contributed by atoms with Gasteiger partial charge in [0.15, 0.2) is 0 Å². The molecule has 1 heterocycles. The van der Waals surface area contributed by atoms with Crippen LogP contribution in [0, 0.1) is 5.82 Å². The predicted molar refractivity (Wildman–Crippen MR) is 74.6 cm³/mol. The number of halogens is 2. The van der Waals surface area contributed by atoms with E-state index in [1.165, 1.54) is 25.0 Å². The summed E-state index contributed by atoms with van der Waals surface area (Å²) in [6.45, 7) is 1.98. The predicted octanol–water partition coefficient (Wildman–Crippen LogP) is 2.55. The van der Waals surface area contributed by atoms with Crippen molar-refractivity contribution in [1.82, 2.24) is 10.2 Å². The fourth-order valence-electron chi connectivity index (χ4n) is 2.63. The lowest BCUT2D eigenvalue weighted by Gasteiger charge is -2.15. The number of carbonyl (C=O) groups excluding carboxylic acids is 1. The van der Waals surface area contributed by atoms with E-state index < -0.39 is 5.82 Å². The summed E-state index contributed by atoms with van der Waals surface area (Å²) in [6.07, 6.45) is 3.56. The van der Waals surface area contributed by atoms with Crippen molar-refractivity contribution in [3.63, 3.8) is 0 Å². The molecule has 5 heteroatoms. The van der Waals surface area contributed by atoms with Crippen molar-refractivity contribution >= 4 is 21.8 Å². The zero-order valence-electron chi connectivity index (χ0n) is 10.5. The highest BCUT2D eigenvalue weighted by molar-refractivity contribution is 9.10. The molecule has 1 aromatic rings. The van der Waals surface area contributed by atoms with E-state index >= 15 is 0 Å². The number of hydrogen-bond acceptors (Lipinski definition) is 2. The molecule has 1 aliphatic carbocycles. The minimum atomic E-state index is -0.398. The van der Waals surface area contributed by atoms with Gasteiger partial charge in [-0.05, 0) is 37.5 Å².